The second-order valence-corrected chi connectivity index (χ2v) is 10.5. The molecule has 1 aromatic rings. The van der Waals surface area contributed by atoms with Gasteiger partial charge in [0.1, 0.15) is 0 Å². The Hall–Kier alpha value is -1.04. The predicted octanol–water partition coefficient (Wildman–Crippen LogP) is 5.26. The third-order valence-corrected chi connectivity index (χ3v) is 8.55. The van der Waals surface area contributed by atoms with E-state index in [4.69, 9.17) is 0 Å². The molecule has 1 aromatic carbocycles. The van der Waals surface area contributed by atoms with Crippen molar-refractivity contribution in [3.05, 3.63) is 34.9 Å². The third kappa shape index (κ3) is 4.69. The Morgan fingerprint density at radius 2 is 1.65 bits per heavy atom. The lowest BCUT2D eigenvalue weighted by molar-refractivity contribution is 0.0622. The highest BCUT2D eigenvalue weighted by Gasteiger charge is 2.43. The number of rotatable bonds is 4. The van der Waals surface area contributed by atoms with Gasteiger partial charge in [0.15, 0.2) is 11.6 Å². The molecule has 1 aliphatic carbocycles. The summed E-state index contributed by atoms with van der Waals surface area (Å²) >= 11 is 0. The van der Waals surface area contributed by atoms with Crippen LogP contribution in [-0.4, -0.2) is 48.6 Å². The minimum Gasteiger partial charge on any atom is -0.315 e. The van der Waals surface area contributed by atoms with E-state index in [1.807, 2.05) is 6.07 Å². The van der Waals surface area contributed by atoms with Crippen LogP contribution in [0.1, 0.15) is 81.4 Å². The van der Waals surface area contributed by atoms with E-state index in [1.165, 1.54) is 57.6 Å². The van der Waals surface area contributed by atoms with Gasteiger partial charge in [-0.15, -0.1) is 0 Å². The minimum atomic E-state index is -0.683. The first-order valence-electron chi connectivity index (χ1n) is 12.9. The van der Waals surface area contributed by atoms with Crippen molar-refractivity contribution < 1.29 is 8.78 Å². The van der Waals surface area contributed by atoms with E-state index < -0.39 is 11.6 Å². The van der Waals surface area contributed by atoms with E-state index in [-0.39, 0.29) is 6.04 Å². The standard InChI is InChI=1S/C26H39F2N3/c27-23-9-8-21-18-31(22-10-13-29-16-22)26(24(21)25(23)28)20-11-14-30(15-12-20)17-19-6-4-2-1-3-5-7-19/h8-9,19-20,22,26,29H,1-7,10-18H2/t22?,26-/m1/s1. The van der Waals surface area contributed by atoms with Gasteiger partial charge in [0.05, 0.1) is 0 Å². The maximum absolute atomic E-state index is 15.0. The van der Waals surface area contributed by atoms with Gasteiger partial charge in [-0.25, -0.2) is 8.78 Å². The van der Waals surface area contributed by atoms with Crippen LogP contribution in [0.25, 0.3) is 0 Å². The second kappa shape index (κ2) is 9.84. The van der Waals surface area contributed by atoms with Crippen molar-refractivity contribution in [1.82, 2.24) is 15.1 Å². The molecule has 5 rings (SSSR count). The van der Waals surface area contributed by atoms with E-state index in [0.29, 0.717) is 17.5 Å². The molecule has 0 spiro atoms. The van der Waals surface area contributed by atoms with E-state index in [1.54, 1.807) is 0 Å². The Morgan fingerprint density at radius 3 is 2.35 bits per heavy atom. The average molecular weight is 432 g/mol. The summed E-state index contributed by atoms with van der Waals surface area (Å²) in [6, 6.07) is 3.62. The summed E-state index contributed by atoms with van der Waals surface area (Å²) < 4.78 is 29.2. The number of halogens is 2. The van der Waals surface area contributed by atoms with Gasteiger partial charge in [-0.2, -0.15) is 0 Å². The minimum absolute atomic E-state index is 0.0409. The summed E-state index contributed by atoms with van der Waals surface area (Å²) in [6.07, 6.45) is 13.1. The Balaban J connectivity index is 1.27. The van der Waals surface area contributed by atoms with Crippen LogP contribution in [0.15, 0.2) is 12.1 Å². The van der Waals surface area contributed by atoms with E-state index in [0.717, 1.165) is 63.5 Å². The summed E-state index contributed by atoms with van der Waals surface area (Å²) in [5.41, 5.74) is 1.68. The van der Waals surface area contributed by atoms with Gasteiger partial charge in [0.2, 0.25) is 0 Å². The lowest BCUT2D eigenvalue weighted by Gasteiger charge is -2.41. The first-order valence-corrected chi connectivity index (χ1v) is 12.9. The molecular formula is C26H39F2N3. The molecule has 2 atom stereocenters. The fraction of sp³-hybridized carbons (Fsp3) is 0.769. The smallest absolute Gasteiger partial charge is 0.163 e. The van der Waals surface area contributed by atoms with Gasteiger partial charge in [0, 0.05) is 37.3 Å². The number of benzene rings is 1. The van der Waals surface area contributed by atoms with Crippen molar-refractivity contribution >= 4 is 0 Å². The number of nitrogens with zero attached hydrogens (tertiary/aromatic N) is 2. The fourth-order valence-electron chi connectivity index (χ4n) is 6.85. The zero-order valence-electron chi connectivity index (χ0n) is 18.9. The number of piperidine rings is 1. The predicted molar refractivity (Wildman–Crippen MR) is 121 cm³/mol. The van der Waals surface area contributed by atoms with Gasteiger partial charge < -0.3 is 10.2 Å². The maximum Gasteiger partial charge on any atom is 0.163 e. The quantitative estimate of drug-likeness (QED) is 0.702. The van der Waals surface area contributed by atoms with Crippen LogP contribution >= 0.6 is 0 Å². The molecule has 4 aliphatic rings. The lowest BCUT2D eigenvalue weighted by Crippen LogP contribution is -2.43. The first kappa shape index (κ1) is 21.8. The molecule has 0 aromatic heterocycles. The molecule has 3 fully saturated rings. The van der Waals surface area contributed by atoms with Gasteiger partial charge in [0.25, 0.3) is 0 Å². The topological polar surface area (TPSA) is 18.5 Å². The summed E-state index contributed by atoms with van der Waals surface area (Å²) in [6.45, 7) is 6.23. The van der Waals surface area contributed by atoms with Crippen molar-refractivity contribution in [2.24, 2.45) is 11.8 Å². The molecule has 1 N–H and O–H groups in total. The highest BCUT2D eigenvalue weighted by molar-refractivity contribution is 5.37. The van der Waals surface area contributed by atoms with Gasteiger partial charge in [-0.1, -0.05) is 38.2 Å². The molecule has 5 heteroatoms. The number of nitrogens with one attached hydrogen (secondary N) is 1. The summed E-state index contributed by atoms with van der Waals surface area (Å²) in [5.74, 6) is 0.00756. The molecule has 3 aliphatic heterocycles. The molecule has 0 amide bonds. The van der Waals surface area contributed by atoms with Crippen molar-refractivity contribution in [3.8, 4) is 0 Å². The molecule has 1 unspecified atom stereocenters. The lowest BCUT2D eigenvalue weighted by atomic mass is 9.83. The van der Waals surface area contributed by atoms with Gasteiger partial charge in [-0.3, -0.25) is 4.90 Å². The SMILES string of the molecule is Fc1ccc2c(c1F)[C@@H](C1CCN(CC3CCCCCCC3)CC1)N(C1CCNC1)C2. The van der Waals surface area contributed by atoms with Crippen LogP contribution in [-0.2, 0) is 6.54 Å². The highest BCUT2D eigenvalue weighted by atomic mass is 19.2. The van der Waals surface area contributed by atoms with Gasteiger partial charge >= 0.3 is 0 Å². The fourth-order valence-corrected chi connectivity index (χ4v) is 6.85. The van der Waals surface area contributed by atoms with Crippen molar-refractivity contribution in [1.29, 1.82) is 0 Å². The normalized spacial score (nSPS) is 29.7. The largest absolute Gasteiger partial charge is 0.315 e. The Morgan fingerprint density at radius 1 is 0.903 bits per heavy atom. The van der Waals surface area contributed by atoms with Crippen molar-refractivity contribution in [3.63, 3.8) is 0 Å². The molecule has 1 saturated carbocycles. The molecular weight excluding hydrogens is 392 g/mol. The molecule has 31 heavy (non-hydrogen) atoms. The van der Waals surface area contributed by atoms with E-state index in [9.17, 15) is 8.78 Å². The highest BCUT2D eigenvalue weighted by Crippen LogP contribution is 2.46. The average Bonchev–Trinajstić information content (AvgIpc) is 3.41. The maximum atomic E-state index is 15.0. The Kier molecular flexibility index (Phi) is 6.92. The van der Waals surface area contributed by atoms with Crippen molar-refractivity contribution in [2.45, 2.75) is 82.8 Å². The van der Waals surface area contributed by atoms with Gasteiger partial charge in [-0.05, 0) is 75.2 Å². The number of fused-ring (bicyclic) bond motifs is 1. The third-order valence-electron chi connectivity index (χ3n) is 8.55. The molecule has 172 valence electrons. The van der Waals surface area contributed by atoms with Crippen LogP contribution in [0.4, 0.5) is 8.78 Å². The summed E-state index contributed by atoms with van der Waals surface area (Å²) in [4.78, 5) is 5.17. The molecule has 0 radical (unpaired) electrons. The summed E-state index contributed by atoms with van der Waals surface area (Å²) in [7, 11) is 0. The summed E-state index contributed by atoms with van der Waals surface area (Å²) in [5, 5.41) is 3.47. The Bertz CT molecular complexity index is 732. The van der Waals surface area contributed by atoms with Crippen LogP contribution in [0, 0.1) is 23.5 Å². The van der Waals surface area contributed by atoms with Crippen LogP contribution in [0.2, 0.25) is 0 Å². The molecule has 2 saturated heterocycles. The zero-order valence-corrected chi connectivity index (χ0v) is 18.9. The second-order valence-electron chi connectivity index (χ2n) is 10.5. The first-order chi connectivity index (χ1) is 15.2. The number of likely N-dealkylation sites (tertiary alicyclic amines) is 1. The molecule has 3 heterocycles. The monoisotopic (exact) mass is 431 g/mol. The van der Waals surface area contributed by atoms with Crippen LogP contribution in [0.3, 0.4) is 0 Å². The zero-order chi connectivity index (χ0) is 21.2. The van der Waals surface area contributed by atoms with E-state index in [2.05, 4.69) is 15.1 Å². The number of hydrogen-bond donors (Lipinski definition) is 1. The van der Waals surface area contributed by atoms with Crippen molar-refractivity contribution in [2.75, 3.05) is 32.7 Å². The molecule has 0 bridgehead atoms. The van der Waals surface area contributed by atoms with Crippen LogP contribution in [0.5, 0.6) is 0 Å². The van der Waals surface area contributed by atoms with E-state index >= 15 is 0 Å². The Labute approximate surface area is 186 Å². The number of hydrogen-bond acceptors (Lipinski definition) is 3. The van der Waals surface area contributed by atoms with Crippen LogP contribution < -0.4 is 5.32 Å². The molecule has 3 nitrogen and oxygen atoms in total.